The highest BCUT2D eigenvalue weighted by Gasteiger charge is 2.08. The van der Waals surface area contributed by atoms with Crippen LogP contribution >= 0.6 is 0 Å². The largest absolute Gasteiger partial charge is 0.368 e. The summed E-state index contributed by atoms with van der Waals surface area (Å²) in [5.74, 6) is 0.223. The molecule has 0 aliphatic heterocycles. The number of H-pyrrole nitrogens is 2. The molecule has 0 atom stereocenters. The number of hydrogen-bond acceptors (Lipinski definition) is 4. The number of nitrogens with one attached hydrogen (secondary N) is 2. The highest BCUT2D eigenvalue weighted by Crippen LogP contribution is 2.25. The van der Waals surface area contributed by atoms with Gasteiger partial charge in [-0.1, -0.05) is 0 Å². The Labute approximate surface area is 95.5 Å². The van der Waals surface area contributed by atoms with Gasteiger partial charge in [-0.05, 0) is 12.1 Å². The van der Waals surface area contributed by atoms with Gasteiger partial charge in [-0.2, -0.15) is 0 Å². The molecule has 3 aromatic heterocycles. The molecule has 6 heteroatoms. The van der Waals surface area contributed by atoms with Crippen molar-refractivity contribution in [2.24, 2.45) is 0 Å². The van der Waals surface area contributed by atoms with Crippen molar-refractivity contribution in [2.75, 3.05) is 5.73 Å². The first-order valence-electron chi connectivity index (χ1n) is 5.03. The number of nitrogen functional groups attached to an aromatic ring is 1. The third-order valence-electron chi connectivity index (χ3n) is 2.52. The number of rotatable bonds is 1. The van der Waals surface area contributed by atoms with Crippen LogP contribution in [0.3, 0.4) is 0 Å². The van der Waals surface area contributed by atoms with Crippen molar-refractivity contribution in [3.8, 4) is 11.3 Å². The Morgan fingerprint density at radius 3 is 2.94 bits per heavy atom. The SMILES string of the molecule is Nc1nccc(-c2c[nH]c3[nH]c(=O)ccc23)n1. The number of nitrogens with two attached hydrogens (primary N) is 1. The molecule has 0 saturated carbocycles. The molecule has 0 saturated heterocycles. The second-order valence-corrected chi connectivity index (χ2v) is 3.61. The van der Waals surface area contributed by atoms with E-state index in [0.29, 0.717) is 5.65 Å². The Kier molecular flexibility index (Phi) is 1.94. The predicted octanol–water partition coefficient (Wildman–Crippen LogP) is 0.895. The van der Waals surface area contributed by atoms with Crippen LogP contribution in [-0.4, -0.2) is 19.9 Å². The summed E-state index contributed by atoms with van der Waals surface area (Å²) in [5, 5.41) is 0.891. The van der Waals surface area contributed by atoms with Crippen LogP contribution in [-0.2, 0) is 0 Å². The van der Waals surface area contributed by atoms with E-state index in [1.807, 2.05) is 0 Å². The summed E-state index contributed by atoms with van der Waals surface area (Å²) in [6.45, 7) is 0. The molecule has 6 nitrogen and oxygen atoms in total. The molecule has 0 unspecified atom stereocenters. The van der Waals surface area contributed by atoms with Gasteiger partial charge in [0.2, 0.25) is 11.5 Å². The van der Waals surface area contributed by atoms with E-state index in [4.69, 9.17) is 5.73 Å². The minimum Gasteiger partial charge on any atom is -0.368 e. The van der Waals surface area contributed by atoms with Crippen LogP contribution < -0.4 is 11.3 Å². The van der Waals surface area contributed by atoms with E-state index in [2.05, 4.69) is 19.9 Å². The normalized spacial score (nSPS) is 10.8. The van der Waals surface area contributed by atoms with E-state index in [1.54, 1.807) is 24.5 Å². The van der Waals surface area contributed by atoms with Crippen molar-refractivity contribution < 1.29 is 0 Å². The summed E-state index contributed by atoms with van der Waals surface area (Å²) >= 11 is 0. The van der Waals surface area contributed by atoms with Gasteiger partial charge in [0.1, 0.15) is 5.65 Å². The van der Waals surface area contributed by atoms with Gasteiger partial charge >= 0.3 is 0 Å². The molecule has 4 N–H and O–H groups in total. The Hall–Kier alpha value is -2.63. The van der Waals surface area contributed by atoms with Crippen LogP contribution in [0.15, 0.2) is 35.4 Å². The first kappa shape index (κ1) is 9.59. The van der Waals surface area contributed by atoms with Crippen LogP contribution in [0.25, 0.3) is 22.3 Å². The van der Waals surface area contributed by atoms with Crippen LogP contribution in [0.1, 0.15) is 0 Å². The third kappa shape index (κ3) is 1.55. The zero-order valence-corrected chi connectivity index (χ0v) is 8.77. The molecule has 0 radical (unpaired) electrons. The van der Waals surface area contributed by atoms with Crippen LogP contribution in [0, 0.1) is 0 Å². The topological polar surface area (TPSA) is 100 Å². The molecular weight excluding hydrogens is 218 g/mol. The van der Waals surface area contributed by atoms with Crippen LogP contribution in [0.5, 0.6) is 0 Å². The summed E-state index contributed by atoms with van der Waals surface area (Å²) < 4.78 is 0. The molecule has 0 bridgehead atoms. The summed E-state index contributed by atoms with van der Waals surface area (Å²) in [4.78, 5) is 24.8. The fraction of sp³-hybridized carbons (Fsp3) is 0. The highest BCUT2D eigenvalue weighted by atomic mass is 16.1. The number of aromatic amines is 2. The van der Waals surface area contributed by atoms with Crippen molar-refractivity contribution in [3.63, 3.8) is 0 Å². The van der Waals surface area contributed by atoms with Gasteiger partial charge in [0.05, 0.1) is 5.69 Å². The van der Waals surface area contributed by atoms with E-state index in [9.17, 15) is 4.79 Å². The molecule has 0 aromatic carbocycles. The maximum absolute atomic E-state index is 11.2. The number of nitrogens with zero attached hydrogens (tertiary/aromatic N) is 2. The van der Waals surface area contributed by atoms with Gasteiger partial charge in [0.25, 0.3) is 0 Å². The number of anilines is 1. The van der Waals surface area contributed by atoms with Gasteiger partial charge < -0.3 is 15.7 Å². The molecular formula is C11H9N5O. The van der Waals surface area contributed by atoms with E-state index in [-0.39, 0.29) is 11.5 Å². The van der Waals surface area contributed by atoms with Crippen LogP contribution in [0.4, 0.5) is 5.95 Å². The predicted molar refractivity (Wildman–Crippen MR) is 64.4 cm³/mol. The minimum absolute atomic E-state index is 0.145. The van der Waals surface area contributed by atoms with E-state index < -0.39 is 0 Å². The van der Waals surface area contributed by atoms with Crippen molar-refractivity contribution in [2.45, 2.75) is 0 Å². The Balaban J connectivity index is 2.28. The Morgan fingerprint density at radius 2 is 2.12 bits per heavy atom. The number of fused-ring (bicyclic) bond motifs is 1. The number of hydrogen-bond donors (Lipinski definition) is 3. The van der Waals surface area contributed by atoms with Gasteiger partial charge in [-0.3, -0.25) is 4.79 Å². The van der Waals surface area contributed by atoms with Gasteiger partial charge in [0.15, 0.2) is 0 Å². The minimum atomic E-state index is -0.145. The van der Waals surface area contributed by atoms with Crippen molar-refractivity contribution in [3.05, 3.63) is 40.9 Å². The first-order valence-corrected chi connectivity index (χ1v) is 5.03. The summed E-state index contributed by atoms with van der Waals surface area (Å²) in [7, 11) is 0. The summed E-state index contributed by atoms with van der Waals surface area (Å²) in [6.07, 6.45) is 3.38. The maximum atomic E-state index is 11.2. The lowest BCUT2D eigenvalue weighted by atomic mass is 10.1. The lowest BCUT2D eigenvalue weighted by Gasteiger charge is -1.98. The summed E-state index contributed by atoms with van der Waals surface area (Å²) in [5.41, 5.74) is 7.67. The molecule has 3 heterocycles. The molecule has 17 heavy (non-hydrogen) atoms. The van der Waals surface area contributed by atoms with E-state index in [0.717, 1.165) is 16.6 Å². The zero-order chi connectivity index (χ0) is 11.8. The van der Waals surface area contributed by atoms with Crippen molar-refractivity contribution in [1.29, 1.82) is 0 Å². The molecule has 0 fully saturated rings. The molecule has 0 aliphatic carbocycles. The molecule has 0 spiro atoms. The average Bonchev–Trinajstić information content (AvgIpc) is 2.71. The fourth-order valence-electron chi connectivity index (χ4n) is 1.77. The number of pyridine rings is 1. The van der Waals surface area contributed by atoms with Crippen LogP contribution in [0.2, 0.25) is 0 Å². The third-order valence-corrected chi connectivity index (χ3v) is 2.52. The highest BCUT2D eigenvalue weighted by molar-refractivity contribution is 5.92. The fourth-order valence-corrected chi connectivity index (χ4v) is 1.77. The quantitative estimate of drug-likeness (QED) is 0.574. The molecule has 0 aliphatic rings. The molecule has 0 amide bonds. The van der Waals surface area contributed by atoms with Gasteiger partial charge in [-0.25, -0.2) is 9.97 Å². The average molecular weight is 227 g/mol. The second kappa shape index (κ2) is 3.44. The molecule has 84 valence electrons. The van der Waals surface area contributed by atoms with E-state index in [1.165, 1.54) is 6.07 Å². The first-order chi connectivity index (χ1) is 8.24. The lowest BCUT2D eigenvalue weighted by Crippen LogP contribution is -2.01. The smallest absolute Gasteiger partial charge is 0.249 e. The second-order valence-electron chi connectivity index (χ2n) is 3.61. The number of aromatic nitrogens is 4. The standard InChI is InChI=1S/C11H9N5O/c12-11-13-4-3-8(15-11)7-5-14-10-6(7)1-2-9(17)16-10/h1-5H,(H2,12,13,15)(H2,14,16,17). The van der Waals surface area contributed by atoms with Gasteiger partial charge in [0, 0.05) is 29.4 Å². The monoisotopic (exact) mass is 227 g/mol. The summed E-state index contributed by atoms with van der Waals surface area (Å²) in [6, 6.07) is 4.99. The zero-order valence-electron chi connectivity index (χ0n) is 8.77. The van der Waals surface area contributed by atoms with Crippen molar-refractivity contribution >= 4 is 17.0 Å². The van der Waals surface area contributed by atoms with Crippen molar-refractivity contribution in [1.82, 2.24) is 19.9 Å². The van der Waals surface area contributed by atoms with Gasteiger partial charge in [-0.15, -0.1) is 0 Å². The molecule has 3 aromatic rings. The maximum Gasteiger partial charge on any atom is 0.249 e. The van der Waals surface area contributed by atoms with E-state index >= 15 is 0 Å². The molecule has 3 rings (SSSR count). The Bertz CT molecular complexity index is 743. The Morgan fingerprint density at radius 1 is 1.24 bits per heavy atom. The lowest BCUT2D eigenvalue weighted by molar-refractivity contribution is 1.19.